The third-order valence-corrected chi connectivity index (χ3v) is 3.70. The van der Waals surface area contributed by atoms with Crippen LogP contribution in [0.2, 0.25) is 5.02 Å². The highest BCUT2D eigenvalue weighted by Crippen LogP contribution is 2.27. The summed E-state index contributed by atoms with van der Waals surface area (Å²) in [6, 6.07) is 11.9. The highest BCUT2D eigenvalue weighted by atomic mass is 35.5. The fourth-order valence-corrected chi connectivity index (χ4v) is 2.48. The van der Waals surface area contributed by atoms with E-state index >= 15 is 0 Å². The Morgan fingerprint density at radius 2 is 1.64 bits per heavy atom. The Hall–Kier alpha value is -2.53. The van der Waals surface area contributed by atoms with Gasteiger partial charge in [0.2, 0.25) is 0 Å². The summed E-state index contributed by atoms with van der Waals surface area (Å²) < 4.78 is 0. The molecule has 0 bridgehead atoms. The van der Waals surface area contributed by atoms with Crippen LogP contribution in [0.25, 0.3) is 0 Å². The molecule has 2 rings (SSSR count). The summed E-state index contributed by atoms with van der Waals surface area (Å²) in [7, 11) is 0. The number of rotatable bonds is 3. The summed E-state index contributed by atoms with van der Waals surface area (Å²) in [6.45, 7) is 7.53. The van der Waals surface area contributed by atoms with Gasteiger partial charge in [0.1, 0.15) is 0 Å². The van der Waals surface area contributed by atoms with Crippen LogP contribution in [-0.2, 0) is 0 Å². The molecule has 0 fully saturated rings. The summed E-state index contributed by atoms with van der Waals surface area (Å²) in [5.74, 6) is -0.334. The van der Waals surface area contributed by atoms with Gasteiger partial charge in [-0.1, -0.05) is 35.9 Å². The fourth-order valence-electron chi connectivity index (χ4n) is 2.26. The average molecular weight is 360 g/mol. The Labute approximate surface area is 152 Å². The molecular formula is C19H22ClN3O2. The molecule has 5 nitrogen and oxygen atoms in total. The van der Waals surface area contributed by atoms with Gasteiger partial charge >= 0.3 is 6.03 Å². The lowest BCUT2D eigenvalue weighted by atomic mass is 10.1. The Bertz CT molecular complexity index is 797. The zero-order valence-electron chi connectivity index (χ0n) is 14.7. The molecular weight excluding hydrogens is 338 g/mol. The minimum Gasteiger partial charge on any atom is -0.333 e. The van der Waals surface area contributed by atoms with Crippen molar-refractivity contribution in [3.05, 3.63) is 58.6 Å². The molecule has 2 aromatic carbocycles. The van der Waals surface area contributed by atoms with E-state index in [9.17, 15) is 9.59 Å². The van der Waals surface area contributed by atoms with Crippen molar-refractivity contribution in [1.29, 1.82) is 0 Å². The first-order valence-electron chi connectivity index (χ1n) is 7.92. The molecule has 0 aromatic heterocycles. The molecule has 0 radical (unpaired) electrons. The van der Waals surface area contributed by atoms with Crippen LogP contribution in [0.3, 0.4) is 0 Å². The van der Waals surface area contributed by atoms with Crippen LogP contribution in [-0.4, -0.2) is 17.5 Å². The van der Waals surface area contributed by atoms with Crippen molar-refractivity contribution in [2.24, 2.45) is 0 Å². The Balaban J connectivity index is 2.25. The van der Waals surface area contributed by atoms with E-state index in [1.54, 1.807) is 30.3 Å². The molecule has 0 heterocycles. The van der Waals surface area contributed by atoms with Crippen LogP contribution in [0.1, 0.15) is 36.7 Å². The summed E-state index contributed by atoms with van der Waals surface area (Å²) in [5.41, 5.74) is 1.89. The molecule has 0 atom stereocenters. The van der Waals surface area contributed by atoms with E-state index in [4.69, 9.17) is 11.6 Å². The lowest BCUT2D eigenvalue weighted by molar-refractivity contribution is 0.102. The van der Waals surface area contributed by atoms with Gasteiger partial charge in [-0.2, -0.15) is 0 Å². The van der Waals surface area contributed by atoms with Crippen LogP contribution in [0.4, 0.5) is 16.2 Å². The van der Waals surface area contributed by atoms with Crippen molar-refractivity contribution in [1.82, 2.24) is 5.32 Å². The number of hydrogen-bond acceptors (Lipinski definition) is 2. The number of urea groups is 1. The van der Waals surface area contributed by atoms with Crippen molar-refractivity contribution in [3.63, 3.8) is 0 Å². The molecule has 6 heteroatoms. The highest BCUT2D eigenvalue weighted by Gasteiger charge is 2.17. The van der Waals surface area contributed by atoms with Crippen LogP contribution < -0.4 is 16.0 Å². The predicted octanol–water partition coefficient (Wildman–Crippen LogP) is 4.82. The number of amides is 3. The van der Waals surface area contributed by atoms with Gasteiger partial charge in [0.05, 0.1) is 22.0 Å². The molecule has 0 unspecified atom stereocenters. The van der Waals surface area contributed by atoms with E-state index in [0.29, 0.717) is 22.0 Å². The Morgan fingerprint density at radius 1 is 0.960 bits per heavy atom. The second-order valence-electron chi connectivity index (χ2n) is 6.76. The normalized spacial score (nSPS) is 10.9. The van der Waals surface area contributed by atoms with Gasteiger partial charge < -0.3 is 16.0 Å². The lowest BCUT2D eigenvalue weighted by Crippen LogP contribution is -2.43. The lowest BCUT2D eigenvalue weighted by Gasteiger charge is -2.22. The smallest absolute Gasteiger partial charge is 0.319 e. The topological polar surface area (TPSA) is 70.2 Å². The molecule has 0 saturated carbocycles. The van der Waals surface area contributed by atoms with Gasteiger partial charge in [-0.3, -0.25) is 4.79 Å². The van der Waals surface area contributed by atoms with Gasteiger partial charge in [0.25, 0.3) is 5.91 Å². The maximum absolute atomic E-state index is 12.5. The minimum absolute atomic E-state index is 0.334. The van der Waals surface area contributed by atoms with E-state index in [0.717, 1.165) is 5.56 Å². The predicted molar refractivity (Wildman–Crippen MR) is 102 cm³/mol. The highest BCUT2D eigenvalue weighted by molar-refractivity contribution is 6.34. The molecule has 3 amide bonds. The standard InChI is InChI=1S/C19H22ClN3O2/c1-12-8-7-11-15(21-18(25)23-19(2,3)4)16(12)22-17(24)13-9-5-6-10-14(13)20/h5-11H,1-4H3,(H,22,24)(H2,21,23,25). The molecule has 132 valence electrons. The number of benzene rings is 2. The Morgan fingerprint density at radius 3 is 2.28 bits per heavy atom. The first-order valence-corrected chi connectivity index (χ1v) is 8.30. The average Bonchev–Trinajstić information content (AvgIpc) is 2.49. The monoisotopic (exact) mass is 359 g/mol. The number of nitrogens with one attached hydrogen (secondary N) is 3. The summed E-state index contributed by atoms with van der Waals surface area (Å²) >= 11 is 6.08. The molecule has 0 aliphatic rings. The third kappa shape index (κ3) is 5.22. The van der Waals surface area contributed by atoms with Crippen molar-refractivity contribution in [2.75, 3.05) is 10.6 Å². The second kappa shape index (κ2) is 7.57. The first kappa shape index (κ1) is 18.8. The summed E-state index contributed by atoms with van der Waals surface area (Å²) in [6.07, 6.45) is 0. The number of halogens is 1. The van der Waals surface area contributed by atoms with Crippen LogP contribution in [0, 0.1) is 6.92 Å². The zero-order valence-corrected chi connectivity index (χ0v) is 15.5. The number of carbonyl (C=O) groups is 2. The SMILES string of the molecule is Cc1cccc(NC(=O)NC(C)(C)C)c1NC(=O)c1ccccc1Cl. The maximum Gasteiger partial charge on any atom is 0.319 e. The molecule has 0 aliphatic heterocycles. The van der Waals surface area contributed by atoms with E-state index in [-0.39, 0.29) is 17.5 Å². The number of anilines is 2. The van der Waals surface area contributed by atoms with Crippen LogP contribution in [0.15, 0.2) is 42.5 Å². The molecule has 0 saturated heterocycles. The van der Waals surface area contributed by atoms with E-state index in [2.05, 4.69) is 16.0 Å². The van der Waals surface area contributed by atoms with Crippen molar-refractivity contribution >= 4 is 34.9 Å². The second-order valence-corrected chi connectivity index (χ2v) is 7.17. The molecule has 2 aromatic rings. The van der Waals surface area contributed by atoms with E-state index in [1.165, 1.54) is 0 Å². The van der Waals surface area contributed by atoms with Gasteiger partial charge in [0.15, 0.2) is 0 Å². The largest absolute Gasteiger partial charge is 0.333 e. The molecule has 0 aliphatic carbocycles. The first-order chi connectivity index (χ1) is 11.7. The van der Waals surface area contributed by atoms with E-state index < -0.39 is 0 Å². The van der Waals surface area contributed by atoms with E-state index in [1.807, 2.05) is 39.8 Å². The number of hydrogen-bond donors (Lipinski definition) is 3. The van der Waals surface area contributed by atoms with Gasteiger partial charge in [-0.15, -0.1) is 0 Å². The van der Waals surface area contributed by atoms with Gasteiger partial charge in [-0.05, 0) is 51.5 Å². The number of carbonyl (C=O) groups excluding carboxylic acids is 2. The minimum atomic E-state index is -0.366. The van der Waals surface area contributed by atoms with Crippen molar-refractivity contribution < 1.29 is 9.59 Å². The van der Waals surface area contributed by atoms with Gasteiger partial charge in [0, 0.05) is 5.54 Å². The Kier molecular flexibility index (Phi) is 5.69. The molecule has 25 heavy (non-hydrogen) atoms. The summed E-state index contributed by atoms with van der Waals surface area (Å²) in [5, 5.41) is 8.81. The third-order valence-electron chi connectivity index (χ3n) is 3.37. The van der Waals surface area contributed by atoms with Crippen LogP contribution >= 0.6 is 11.6 Å². The molecule has 0 spiro atoms. The van der Waals surface area contributed by atoms with Crippen molar-refractivity contribution in [3.8, 4) is 0 Å². The number of aryl methyl sites for hydroxylation is 1. The molecule has 3 N–H and O–H groups in total. The van der Waals surface area contributed by atoms with Crippen LogP contribution in [0.5, 0.6) is 0 Å². The zero-order chi connectivity index (χ0) is 18.6. The number of para-hydroxylation sites is 1. The maximum atomic E-state index is 12.5. The fraction of sp³-hybridized carbons (Fsp3) is 0.263. The van der Waals surface area contributed by atoms with Crippen molar-refractivity contribution in [2.45, 2.75) is 33.2 Å². The summed E-state index contributed by atoms with van der Waals surface area (Å²) in [4.78, 5) is 24.7. The van der Waals surface area contributed by atoms with Gasteiger partial charge in [-0.25, -0.2) is 4.79 Å². The quantitative estimate of drug-likeness (QED) is 0.735.